The van der Waals surface area contributed by atoms with Gasteiger partial charge in [-0.25, -0.2) is 4.79 Å². The van der Waals surface area contributed by atoms with Crippen LogP contribution in [0.25, 0.3) is 0 Å². The van der Waals surface area contributed by atoms with E-state index in [4.69, 9.17) is 5.11 Å². The zero-order valence-corrected chi connectivity index (χ0v) is 9.23. The van der Waals surface area contributed by atoms with E-state index in [2.05, 4.69) is 6.58 Å². The number of hydrogen-bond acceptors (Lipinski definition) is 2. The van der Waals surface area contributed by atoms with Crippen molar-refractivity contribution in [2.24, 2.45) is 0 Å². The van der Waals surface area contributed by atoms with Crippen molar-refractivity contribution in [1.29, 1.82) is 0 Å². The van der Waals surface area contributed by atoms with Gasteiger partial charge in [-0.3, -0.25) is 4.79 Å². The molecule has 1 amide bonds. The highest BCUT2D eigenvalue weighted by atomic mass is 16.4. The third kappa shape index (κ3) is 2.28. The van der Waals surface area contributed by atoms with Gasteiger partial charge in [-0.15, -0.1) is 0 Å². The maximum atomic E-state index is 11.7. The third-order valence-corrected chi connectivity index (χ3v) is 2.17. The summed E-state index contributed by atoms with van der Waals surface area (Å²) in [6.45, 7) is 5.12. The molecular formula is C12H13NO3. The van der Waals surface area contributed by atoms with Crippen molar-refractivity contribution >= 4 is 17.6 Å². The Bertz CT molecular complexity index is 451. The highest BCUT2D eigenvalue weighted by molar-refractivity contribution is 6.08. The monoisotopic (exact) mass is 219 g/mol. The molecule has 0 aliphatic carbocycles. The van der Waals surface area contributed by atoms with Crippen molar-refractivity contribution in [3.63, 3.8) is 0 Å². The van der Waals surface area contributed by atoms with Crippen molar-refractivity contribution in [2.75, 3.05) is 11.9 Å². The molecule has 0 aliphatic rings. The van der Waals surface area contributed by atoms with Gasteiger partial charge >= 0.3 is 5.97 Å². The summed E-state index contributed by atoms with van der Waals surface area (Å²) in [4.78, 5) is 23.9. The third-order valence-electron chi connectivity index (χ3n) is 2.17. The lowest BCUT2D eigenvalue weighted by Crippen LogP contribution is -2.28. The molecule has 1 rings (SSSR count). The van der Waals surface area contributed by atoms with Crippen molar-refractivity contribution in [3.05, 3.63) is 42.0 Å². The van der Waals surface area contributed by atoms with Crippen LogP contribution in [0.2, 0.25) is 0 Å². The van der Waals surface area contributed by atoms with E-state index in [9.17, 15) is 9.59 Å². The number of benzene rings is 1. The van der Waals surface area contributed by atoms with Crippen molar-refractivity contribution in [1.82, 2.24) is 0 Å². The molecule has 0 spiro atoms. The topological polar surface area (TPSA) is 57.6 Å². The molecule has 0 aromatic heterocycles. The normalized spacial score (nSPS) is 9.62. The van der Waals surface area contributed by atoms with Crippen LogP contribution in [0.15, 0.2) is 36.4 Å². The first-order valence-electron chi connectivity index (χ1n) is 4.71. The van der Waals surface area contributed by atoms with Gasteiger partial charge in [-0.05, 0) is 19.1 Å². The van der Waals surface area contributed by atoms with Crippen LogP contribution in [0.1, 0.15) is 17.3 Å². The van der Waals surface area contributed by atoms with E-state index in [0.717, 1.165) is 0 Å². The molecule has 0 heterocycles. The van der Waals surface area contributed by atoms with Crippen LogP contribution in [0.5, 0.6) is 0 Å². The number of aromatic carboxylic acids is 1. The number of carboxylic acids is 1. The summed E-state index contributed by atoms with van der Waals surface area (Å²) in [6, 6.07) is 6.35. The van der Waals surface area contributed by atoms with E-state index in [0.29, 0.717) is 11.3 Å². The van der Waals surface area contributed by atoms with Gasteiger partial charge in [0.1, 0.15) is 0 Å². The molecule has 0 bridgehead atoms. The van der Waals surface area contributed by atoms with Gasteiger partial charge in [0.2, 0.25) is 0 Å². The van der Waals surface area contributed by atoms with Gasteiger partial charge in [0.05, 0.1) is 11.3 Å². The Hall–Kier alpha value is -2.10. The number of amides is 1. The number of carboxylic acid groups (broad SMARTS) is 1. The fraction of sp³-hybridized carbons (Fsp3) is 0.167. The van der Waals surface area contributed by atoms with Crippen LogP contribution >= 0.6 is 0 Å². The van der Waals surface area contributed by atoms with Gasteiger partial charge in [-0.2, -0.15) is 0 Å². The average molecular weight is 219 g/mol. The molecule has 0 fully saturated rings. The lowest BCUT2D eigenvalue weighted by molar-refractivity contribution is -0.114. The Kier molecular flexibility index (Phi) is 3.45. The van der Waals surface area contributed by atoms with E-state index < -0.39 is 5.97 Å². The molecule has 1 aromatic carbocycles. The second-order valence-electron chi connectivity index (χ2n) is 3.47. The number of carbonyl (C=O) groups excluding carboxylic acids is 1. The Balaban J connectivity index is 3.18. The molecule has 4 heteroatoms. The van der Waals surface area contributed by atoms with Gasteiger partial charge in [0.25, 0.3) is 5.91 Å². The summed E-state index contributed by atoms with van der Waals surface area (Å²) < 4.78 is 0. The van der Waals surface area contributed by atoms with Crippen LogP contribution in [-0.4, -0.2) is 24.0 Å². The van der Waals surface area contributed by atoms with Gasteiger partial charge in [0.15, 0.2) is 0 Å². The first kappa shape index (κ1) is 12.0. The molecule has 0 saturated heterocycles. The smallest absolute Gasteiger partial charge is 0.337 e. The van der Waals surface area contributed by atoms with Crippen LogP contribution in [0, 0.1) is 0 Å². The fourth-order valence-electron chi connectivity index (χ4n) is 1.34. The Morgan fingerprint density at radius 1 is 1.31 bits per heavy atom. The first-order valence-corrected chi connectivity index (χ1v) is 4.71. The van der Waals surface area contributed by atoms with Crippen molar-refractivity contribution in [2.45, 2.75) is 6.92 Å². The maximum absolute atomic E-state index is 11.7. The molecule has 0 atom stereocenters. The number of para-hydroxylation sites is 1. The van der Waals surface area contributed by atoms with E-state index in [1.165, 1.54) is 18.0 Å². The minimum Gasteiger partial charge on any atom is -0.478 e. The SMILES string of the molecule is C=C(C)C(=O)N(C)c1ccccc1C(=O)O. The standard InChI is InChI=1S/C12H13NO3/c1-8(2)11(14)13(3)10-7-5-4-6-9(10)12(15)16/h4-7H,1H2,2-3H3,(H,15,16). The predicted octanol–water partition coefficient (Wildman–Crippen LogP) is 1.92. The quantitative estimate of drug-likeness (QED) is 0.790. The number of anilines is 1. The second-order valence-corrected chi connectivity index (χ2v) is 3.47. The number of nitrogens with zero attached hydrogens (tertiary/aromatic N) is 1. The van der Waals surface area contributed by atoms with E-state index in [1.807, 2.05) is 0 Å². The van der Waals surface area contributed by atoms with Crippen LogP contribution in [0.3, 0.4) is 0 Å². The number of carbonyl (C=O) groups is 2. The second kappa shape index (κ2) is 4.61. The first-order chi connectivity index (χ1) is 7.45. The summed E-state index contributed by atoms with van der Waals surface area (Å²) in [6.07, 6.45) is 0. The van der Waals surface area contributed by atoms with E-state index in [1.54, 1.807) is 25.1 Å². The Morgan fingerprint density at radius 3 is 2.38 bits per heavy atom. The van der Waals surface area contributed by atoms with Crippen molar-refractivity contribution < 1.29 is 14.7 Å². The number of hydrogen-bond donors (Lipinski definition) is 1. The molecule has 0 radical (unpaired) electrons. The van der Waals surface area contributed by atoms with Gasteiger partial charge in [-0.1, -0.05) is 18.7 Å². The molecule has 1 aromatic rings. The zero-order chi connectivity index (χ0) is 12.3. The zero-order valence-electron chi connectivity index (χ0n) is 9.23. The van der Waals surface area contributed by atoms with Crippen LogP contribution < -0.4 is 4.90 Å². The van der Waals surface area contributed by atoms with Crippen LogP contribution in [-0.2, 0) is 4.79 Å². The summed E-state index contributed by atoms with van der Waals surface area (Å²) in [7, 11) is 1.53. The fourth-order valence-corrected chi connectivity index (χ4v) is 1.34. The largest absolute Gasteiger partial charge is 0.478 e. The van der Waals surface area contributed by atoms with E-state index in [-0.39, 0.29) is 11.5 Å². The summed E-state index contributed by atoms with van der Waals surface area (Å²) in [5.74, 6) is -1.36. The minimum absolute atomic E-state index is 0.0969. The predicted molar refractivity (Wildman–Crippen MR) is 61.6 cm³/mol. The lowest BCUT2D eigenvalue weighted by Gasteiger charge is -2.19. The van der Waals surface area contributed by atoms with Gasteiger partial charge < -0.3 is 10.0 Å². The summed E-state index contributed by atoms with van der Waals surface area (Å²) in [5, 5.41) is 8.97. The Morgan fingerprint density at radius 2 is 1.88 bits per heavy atom. The molecular weight excluding hydrogens is 206 g/mol. The molecule has 0 aliphatic heterocycles. The van der Waals surface area contributed by atoms with E-state index >= 15 is 0 Å². The highest BCUT2D eigenvalue weighted by Crippen LogP contribution is 2.20. The number of likely N-dealkylation sites (N-methyl/N-ethyl adjacent to an activating group) is 1. The molecule has 1 N–H and O–H groups in total. The summed E-state index contributed by atoms with van der Waals surface area (Å²) in [5.41, 5.74) is 0.824. The van der Waals surface area contributed by atoms with Gasteiger partial charge in [0, 0.05) is 12.6 Å². The minimum atomic E-state index is -1.06. The molecule has 0 saturated carbocycles. The maximum Gasteiger partial charge on any atom is 0.337 e. The lowest BCUT2D eigenvalue weighted by atomic mass is 10.1. The molecule has 4 nitrogen and oxygen atoms in total. The molecule has 16 heavy (non-hydrogen) atoms. The van der Waals surface area contributed by atoms with Crippen LogP contribution in [0.4, 0.5) is 5.69 Å². The Labute approximate surface area is 93.8 Å². The van der Waals surface area contributed by atoms with Crippen molar-refractivity contribution in [3.8, 4) is 0 Å². The molecule has 84 valence electrons. The molecule has 0 unspecified atom stereocenters. The highest BCUT2D eigenvalue weighted by Gasteiger charge is 2.17. The number of rotatable bonds is 3. The average Bonchev–Trinajstić information content (AvgIpc) is 2.26. The summed E-state index contributed by atoms with van der Waals surface area (Å²) >= 11 is 0.